The Kier molecular flexibility index (Phi) is 4.85. The highest BCUT2D eigenvalue weighted by Crippen LogP contribution is 2.38. The molecule has 0 aromatic carbocycles. The number of aromatic nitrogens is 2. The van der Waals surface area contributed by atoms with Gasteiger partial charge in [-0.05, 0) is 19.1 Å². The molecule has 3 N–H and O–H groups in total. The van der Waals surface area contributed by atoms with Crippen molar-refractivity contribution in [1.82, 2.24) is 9.97 Å². The molecule has 1 saturated carbocycles. The first-order valence-electron chi connectivity index (χ1n) is 6.85. The smallest absolute Gasteiger partial charge is 0.368 e. The van der Waals surface area contributed by atoms with E-state index >= 15 is 0 Å². The van der Waals surface area contributed by atoms with Crippen LogP contribution in [0.3, 0.4) is 0 Å². The van der Waals surface area contributed by atoms with Gasteiger partial charge in [0.25, 0.3) is 0 Å². The zero-order valence-corrected chi connectivity index (χ0v) is 12.7. The van der Waals surface area contributed by atoms with Gasteiger partial charge in [-0.3, -0.25) is 0 Å². The first-order valence-corrected chi connectivity index (χ1v) is 8.08. The fourth-order valence-electron chi connectivity index (χ4n) is 2.60. The second-order valence-electron chi connectivity index (χ2n) is 5.30. The van der Waals surface area contributed by atoms with Gasteiger partial charge >= 0.3 is 6.18 Å². The standard InChI is InChI=1S/C13H19F3N4S/c1-21-12(5-3-2-4-6-12)8-18-10-7-9(13(14,15)16)19-11(17)20-10/h7H,2-6,8H2,1H3,(H3,17,18,19,20). The van der Waals surface area contributed by atoms with Gasteiger partial charge in [0, 0.05) is 17.4 Å². The van der Waals surface area contributed by atoms with E-state index in [2.05, 4.69) is 15.3 Å². The number of alkyl halides is 3. The van der Waals surface area contributed by atoms with Gasteiger partial charge in [-0.2, -0.15) is 29.9 Å². The molecule has 8 heteroatoms. The molecule has 4 nitrogen and oxygen atoms in total. The van der Waals surface area contributed by atoms with E-state index in [-0.39, 0.29) is 16.5 Å². The minimum Gasteiger partial charge on any atom is -0.368 e. The Morgan fingerprint density at radius 2 is 1.95 bits per heavy atom. The molecule has 1 aliphatic carbocycles. The van der Waals surface area contributed by atoms with Crippen LogP contribution in [0.4, 0.5) is 24.9 Å². The second kappa shape index (κ2) is 6.29. The van der Waals surface area contributed by atoms with E-state index in [1.54, 1.807) is 11.8 Å². The largest absolute Gasteiger partial charge is 0.433 e. The summed E-state index contributed by atoms with van der Waals surface area (Å²) in [6.45, 7) is 0.585. The van der Waals surface area contributed by atoms with Crippen molar-refractivity contribution in [2.75, 3.05) is 23.9 Å². The molecule has 0 spiro atoms. The first-order chi connectivity index (χ1) is 9.85. The molecular formula is C13H19F3N4S. The highest BCUT2D eigenvalue weighted by atomic mass is 32.2. The van der Waals surface area contributed by atoms with E-state index in [0.717, 1.165) is 31.7 Å². The SMILES string of the molecule is CSC1(CNc2cc(C(F)(F)F)nc(N)n2)CCCCC1. The molecule has 1 aromatic heterocycles. The van der Waals surface area contributed by atoms with Crippen molar-refractivity contribution in [3.8, 4) is 0 Å². The molecular weight excluding hydrogens is 301 g/mol. The van der Waals surface area contributed by atoms with Crippen molar-refractivity contribution in [2.45, 2.75) is 43.0 Å². The van der Waals surface area contributed by atoms with Gasteiger partial charge in [-0.1, -0.05) is 19.3 Å². The number of nitrogens with one attached hydrogen (secondary N) is 1. The maximum Gasteiger partial charge on any atom is 0.433 e. The molecule has 0 bridgehead atoms. The van der Waals surface area contributed by atoms with Crippen molar-refractivity contribution >= 4 is 23.5 Å². The number of nitrogens with two attached hydrogens (primary N) is 1. The predicted molar refractivity (Wildman–Crippen MR) is 79.3 cm³/mol. The number of hydrogen-bond acceptors (Lipinski definition) is 5. The van der Waals surface area contributed by atoms with E-state index in [1.807, 2.05) is 6.26 Å². The number of anilines is 2. The van der Waals surface area contributed by atoms with Gasteiger partial charge in [-0.25, -0.2) is 4.98 Å². The van der Waals surface area contributed by atoms with Gasteiger partial charge < -0.3 is 11.1 Å². The molecule has 118 valence electrons. The zero-order chi connectivity index (χ0) is 15.5. The van der Waals surface area contributed by atoms with E-state index in [4.69, 9.17) is 5.73 Å². The van der Waals surface area contributed by atoms with Crippen LogP contribution in [-0.4, -0.2) is 27.5 Å². The van der Waals surface area contributed by atoms with E-state index in [0.29, 0.717) is 6.54 Å². The molecule has 1 heterocycles. The van der Waals surface area contributed by atoms with Crippen LogP contribution in [0.2, 0.25) is 0 Å². The molecule has 0 amide bonds. The zero-order valence-electron chi connectivity index (χ0n) is 11.8. The van der Waals surface area contributed by atoms with E-state index in [1.165, 1.54) is 6.42 Å². The normalized spacial score (nSPS) is 18.5. The predicted octanol–water partition coefficient (Wildman–Crippen LogP) is 3.56. The summed E-state index contributed by atoms with van der Waals surface area (Å²) in [5, 5.41) is 3.01. The molecule has 0 aliphatic heterocycles. The van der Waals surface area contributed by atoms with Gasteiger partial charge in [0.05, 0.1) is 0 Å². The Morgan fingerprint density at radius 1 is 1.29 bits per heavy atom. The second-order valence-corrected chi connectivity index (χ2v) is 6.57. The molecule has 1 fully saturated rings. The molecule has 1 aromatic rings. The number of halogens is 3. The maximum absolute atomic E-state index is 12.7. The third kappa shape index (κ3) is 4.15. The minimum absolute atomic E-state index is 0.0658. The molecule has 0 atom stereocenters. The van der Waals surface area contributed by atoms with Crippen molar-refractivity contribution < 1.29 is 13.2 Å². The molecule has 0 saturated heterocycles. The highest BCUT2D eigenvalue weighted by Gasteiger charge is 2.34. The van der Waals surface area contributed by atoms with E-state index in [9.17, 15) is 13.2 Å². The molecule has 2 rings (SSSR count). The third-order valence-electron chi connectivity index (χ3n) is 3.82. The van der Waals surface area contributed by atoms with Crippen LogP contribution in [0.5, 0.6) is 0 Å². The summed E-state index contributed by atoms with van der Waals surface area (Å²) in [5.41, 5.74) is 4.35. The van der Waals surface area contributed by atoms with Crippen LogP contribution in [0.25, 0.3) is 0 Å². The van der Waals surface area contributed by atoms with Gasteiger partial charge in [-0.15, -0.1) is 0 Å². The summed E-state index contributed by atoms with van der Waals surface area (Å²) in [4.78, 5) is 7.08. The lowest BCUT2D eigenvalue weighted by molar-refractivity contribution is -0.141. The molecule has 0 unspecified atom stereocenters. The summed E-state index contributed by atoms with van der Waals surface area (Å²) in [7, 11) is 0. The number of thioether (sulfide) groups is 1. The fraction of sp³-hybridized carbons (Fsp3) is 0.692. The maximum atomic E-state index is 12.7. The number of rotatable bonds is 4. The van der Waals surface area contributed by atoms with Crippen molar-refractivity contribution in [2.24, 2.45) is 0 Å². The summed E-state index contributed by atoms with van der Waals surface area (Å²) < 4.78 is 38.2. The van der Waals surface area contributed by atoms with Crippen LogP contribution in [-0.2, 0) is 6.18 Å². The number of hydrogen-bond donors (Lipinski definition) is 2. The lowest BCUT2D eigenvalue weighted by Crippen LogP contribution is -2.35. The van der Waals surface area contributed by atoms with Gasteiger partial charge in [0.15, 0.2) is 5.69 Å². The Hall–Kier alpha value is -1.18. The molecule has 21 heavy (non-hydrogen) atoms. The fourth-order valence-corrected chi connectivity index (χ4v) is 3.52. The Bertz CT molecular complexity index is 487. The van der Waals surface area contributed by atoms with Crippen LogP contribution >= 0.6 is 11.8 Å². The van der Waals surface area contributed by atoms with E-state index < -0.39 is 11.9 Å². The number of nitrogens with zero attached hydrogens (tertiary/aromatic N) is 2. The Balaban J connectivity index is 2.10. The van der Waals surface area contributed by atoms with Crippen LogP contribution in [0, 0.1) is 0 Å². The molecule has 0 radical (unpaired) electrons. The average molecular weight is 320 g/mol. The third-order valence-corrected chi connectivity index (χ3v) is 5.24. The van der Waals surface area contributed by atoms with Crippen molar-refractivity contribution in [1.29, 1.82) is 0 Å². The van der Waals surface area contributed by atoms with Crippen molar-refractivity contribution in [3.05, 3.63) is 11.8 Å². The minimum atomic E-state index is -4.52. The summed E-state index contributed by atoms with van der Waals surface area (Å²) in [6, 6.07) is 0.910. The van der Waals surface area contributed by atoms with Crippen molar-refractivity contribution in [3.63, 3.8) is 0 Å². The van der Waals surface area contributed by atoms with Crippen LogP contribution in [0.1, 0.15) is 37.8 Å². The van der Waals surface area contributed by atoms with Gasteiger partial charge in [0.2, 0.25) is 5.95 Å². The van der Waals surface area contributed by atoms with Crippen LogP contribution in [0.15, 0.2) is 6.07 Å². The van der Waals surface area contributed by atoms with Crippen LogP contribution < -0.4 is 11.1 Å². The lowest BCUT2D eigenvalue weighted by Gasteiger charge is -2.36. The Labute approximate surface area is 126 Å². The first kappa shape index (κ1) is 16.2. The topological polar surface area (TPSA) is 63.8 Å². The summed E-state index contributed by atoms with van der Waals surface area (Å²) in [5.74, 6) is -0.233. The summed E-state index contributed by atoms with van der Waals surface area (Å²) in [6.07, 6.45) is 3.19. The lowest BCUT2D eigenvalue weighted by atomic mass is 9.88. The highest BCUT2D eigenvalue weighted by molar-refractivity contribution is 8.00. The monoisotopic (exact) mass is 320 g/mol. The number of nitrogen functional groups attached to an aromatic ring is 1. The Morgan fingerprint density at radius 3 is 2.52 bits per heavy atom. The average Bonchev–Trinajstić information content (AvgIpc) is 2.45. The summed E-state index contributed by atoms with van der Waals surface area (Å²) >= 11 is 1.77. The van der Waals surface area contributed by atoms with Gasteiger partial charge in [0.1, 0.15) is 5.82 Å². The quantitative estimate of drug-likeness (QED) is 0.888. The molecule has 1 aliphatic rings.